The van der Waals surface area contributed by atoms with E-state index < -0.39 is 0 Å². The summed E-state index contributed by atoms with van der Waals surface area (Å²) in [5.41, 5.74) is 0.244. The van der Waals surface area contributed by atoms with E-state index >= 15 is 0 Å². The highest BCUT2D eigenvalue weighted by Gasteiger charge is 2.41. The summed E-state index contributed by atoms with van der Waals surface area (Å²) in [5, 5.41) is 3.44. The van der Waals surface area contributed by atoms with Gasteiger partial charge >= 0.3 is 0 Å². The highest BCUT2D eigenvalue weighted by Crippen LogP contribution is 2.32. The van der Waals surface area contributed by atoms with Gasteiger partial charge in [-0.15, -0.1) is 0 Å². The fraction of sp³-hybridized carbons (Fsp3) is 0.750. The summed E-state index contributed by atoms with van der Waals surface area (Å²) in [6.45, 7) is 6.97. The van der Waals surface area contributed by atoms with E-state index in [1.807, 2.05) is 0 Å². The van der Waals surface area contributed by atoms with Crippen molar-refractivity contribution in [2.75, 3.05) is 32.5 Å². The molecule has 0 radical (unpaired) electrons. The first kappa shape index (κ1) is 12.2. The van der Waals surface area contributed by atoms with Crippen molar-refractivity contribution in [3.8, 4) is 0 Å². The number of nitrogens with zero attached hydrogens (tertiary/aromatic N) is 4. The van der Waals surface area contributed by atoms with E-state index in [1.165, 1.54) is 19.2 Å². The third kappa shape index (κ3) is 2.91. The molecule has 5 nitrogen and oxygen atoms in total. The minimum absolute atomic E-state index is 0.244. The van der Waals surface area contributed by atoms with Crippen molar-refractivity contribution in [1.29, 1.82) is 0 Å². The van der Waals surface area contributed by atoms with E-state index in [0.29, 0.717) is 12.0 Å². The summed E-state index contributed by atoms with van der Waals surface area (Å²) in [7, 11) is 4.59. The van der Waals surface area contributed by atoms with Crippen LogP contribution in [-0.4, -0.2) is 52.7 Å². The highest BCUT2D eigenvalue weighted by molar-refractivity contribution is 5.24. The summed E-state index contributed by atoms with van der Waals surface area (Å²) >= 11 is 0. The fourth-order valence-corrected chi connectivity index (χ4v) is 2.90. The molecule has 0 aromatic carbocycles. The number of rotatable bonds is 2. The summed E-state index contributed by atoms with van der Waals surface area (Å²) in [5.74, 6) is 0.685. The van der Waals surface area contributed by atoms with Crippen LogP contribution in [0.25, 0.3) is 0 Å². The Labute approximate surface area is 103 Å². The first-order valence-corrected chi connectivity index (χ1v) is 6.10. The Balaban J connectivity index is 2.07. The maximum atomic E-state index is 4.14. The zero-order valence-electron chi connectivity index (χ0n) is 11.1. The molecule has 1 aromatic rings. The van der Waals surface area contributed by atoms with Gasteiger partial charge in [0, 0.05) is 17.9 Å². The number of hydrogen-bond acceptors (Lipinski definition) is 4. The summed E-state index contributed by atoms with van der Waals surface area (Å²) < 4.78 is 1.09. The monoisotopic (exact) mass is 236 g/mol. The van der Waals surface area contributed by atoms with Gasteiger partial charge < -0.3 is 9.80 Å². The van der Waals surface area contributed by atoms with Crippen molar-refractivity contribution in [3.63, 3.8) is 0 Å². The van der Waals surface area contributed by atoms with E-state index in [4.69, 9.17) is 0 Å². The second-order valence-electron chi connectivity index (χ2n) is 6.25. The number of likely N-dealkylation sites (tertiary alicyclic amines) is 1. The Kier molecular flexibility index (Phi) is 3.03. The van der Waals surface area contributed by atoms with E-state index in [9.17, 15) is 0 Å². The molecule has 94 valence electrons. The first-order chi connectivity index (χ1) is 7.89. The van der Waals surface area contributed by atoms with Crippen LogP contribution in [0, 0.1) is 5.41 Å². The molecule has 2 heterocycles. The van der Waals surface area contributed by atoms with Gasteiger partial charge in [0.05, 0.1) is 27.2 Å². The van der Waals surface area contributed by atoms with Crippen LogP contribution in [0.5, 0.6) is 0 Å². The smallest absolute Gasteiger partial charge is 0.225 e. The lowest BCUT2D eigenvalue weighted by molar-refractivity contribution is -0.902. The van der Waals surface area contributed by atoms with Gasteiger partial charge in [0.1, 0.15) is 12.7 Å². The van der Waals surface area contributed by atoms with Crippen LogP contribution in [-0.2, 0) is 0 Å². The predicted octanol–water partition coefficient (Wildman–Crippen LogP) is 1.16. The minimum Gasteiger partial charge on any atom is -0.350 e. The fourth-order valence-electron chi connectivity index (χ4n) is 2.90. The largest absolute Gasteiger partial charge is 0.350 e. The third-order valence-corrected chi connectivity index (χ3v) is 3.60. The van der Waals surface area contributed by atoms with E-state index in [-0.39, 0.29) is 5.41 Å². The summed E-state index contributed by atoms with van der Waals surface area (Å²) in [4.78, 5) is 12.1. The third-order valence-electron chi connectivity index (χ3n) is 3.60. The van der Waals surface area contributed by atoms with Gasteiger partial charge in [-0.2, -0.15) is 0 Å². The van der Waals surface area contributed by atoms with E-state index in [2.05, 4.69) is 48.2 Å². The molecule has 1 N–H and O–H groups in total. The maximum Gasteiger partial charge on any atom is 0.225 e. The van der Waals surface area contributed by atoms with E-state index in [1.54, 1.807) is 0 Å². The van der Waals surface area contributed by atoms with Crippen molar-refractivity contribution in [2.24, 2.45) is 5.41 Å². The highest BCUT2D eigenvalue weighted by atomic mass is 15.3. The second kappa shape index (κ2) is 4.22. The molecule has 1 aliphatic heterocycles. The number of piperidine rings is 1. The Bertz CT molecular complexity index is 374. The van der Waals surface area contributed by atoms with Gasteiger partial charge in [-0.1, -0.05) is 13.8 Å². The van der Waals surface area contributed by atoms with Gasteiger partial charge in [0.25, 0.3) is 0 Å². The molecule has 0 aliphatic carbocycles. The lowest BCUT2D eigenvalue weighted by atomic mass is 9.78. The van der Waals surface area contributed by atoms with Crippen molar-refractivity contribution < 1.29 is 4.48 Å². The van der Waals surface area contributed by atoms with E-state index in [0.717, 1.165) is 17.4 Å². The standard InChI is InChI=1S/C12H22N5/c1-12(2)7-17(3,4)6-5-10(12)16-11-14-8-13-9-15-11/h8-10H,5-7H2,1-4H3,(H,13,14,15,16)/q+1. The van der Waals surface area contributed by atoms with Crippen molar-refractivity contribution >= 4 is 5.95 Å². The molecule has 2 rings (SSSR count). The number of anilines is 1. The molecular weight excluding hydrogens is 214 g/mol. The van der Waals surface area contributed by atoms with Crippen LogP contribution in [0.4, 0.5) is 5.95 Å². The lowest BCUT2D eigenvalue weighted by Crippen LogP contribution is -2.58. The van der Waals surface area contributed by atoms with Crippen LogP contribution < -0.4 is 5.32 Å². The number of quaternary nitrogens is 1. The molecule has 0 bridgehead atoms. The van der Waals surface area contributed by atoms with Crippen molar-refractivity contribution in [1.82, 2.24) is 15.0 Å². The second-order valence-corrected chi connectivity index (χ2v) is 6.25. The Hall–Kier alpha value is -1.23. The van der Waals surface area contributed by atoms with Crippen LogP contribution >= 0.6 is 0 Å². The molecule has 0 spiro atoms. The zero-order chi connectivity index (χ0) is 12.5. The molecule has 1 fully saturated rings. The Morgan fingerprint density at radius 1 is 1.29 bits per heavy atom. The van der Waals surface area contributed by atoms with Gasteiger partial charge in [-0.3, -0.25) is 0 Å². The summed E-state index contributed by atoms with van der Waals surface area (Å²) in [6, 6.07) is 0.427. The minimum atomic E-state index is 0.244. The number of nitrogens with one attached hydrogen (secondary N) is 1. The van der Waals surface area contributed by atoms with Gasteiger partial charge in [-0.05, 0) is 0 Å². The van der Waals surface area contributed by atoms with Gasteiger partial charge in [-0.25, -0.2) is 15.0 Å². The van der Waals surface area contributed by atoms with Crippen LogP contribution in [0.15, 0.2) is 12.7 Å². The molecule has 1 atom stereocenters. The molecular formula is C12H22N5+. The molecule has 0 saturated carbocycles. The molecule has 1 aliphatic rings. The van der Waals surface area contributed by atoms with Crippen LogP contribution in [0.1, 0.15) is 20.3 Å². The van der Waals surface area contributed by atoms with Gasteiger partial charge in [0.2, 0.25) is 5.95 Å². The first-order valence-electron chi connectivity index (χ1n) is 6.10. The quantitative estimate of drug-likeness (QED) is 0.783. The Morgan fingerprint density at radius 2 is 1.94 bits per heavy atom. The average Bonchev–Trinajstić information content (AvgIpc) is 2.22. The molecule has 17 heavy (non-hydrogen) atoms. The maximum absolute atomic E-state index is 4.14. The SMILES string of the molecule is CC1(C)C[N+](C)(C)CCC1Nc1ncncn1. The van der Waals surface area contributed by atoms with Crippen molar-refractivity contribution in [2.45, 2.75) is 26.3 Å². The number of hydrogen-bond donors (Lipinski definition) is 1. The normalized spacial score (nSPS) is 26.5. The topological polar surface area (TPSA) is 50.7 Å². The molecule has 0 amide bonds. The predicted molar refractivity (Wildman–Crippen MR) is 67.5 cm³/mol. The zero-order valence-corrected chi connectivity index (χ0v) is 11.1. The molecule has 1 unspecified atom stereocenters. The Morgan fingerprint density at radius 3 is 2.53 bits per heavy atom. The van der Waals surface area contributed by atoms with Gasteiger partial charge in [0.15, 0.2) is 0 Å². The lowest BCUT2D eigenvalue weighted by Gasteiger charge is -2.47. The average molecular weight is 236 g/mol. The molecule has 1 saturated heterocycles. The molecule has 5 heteroatoms. The molecule has 1 aromatic heterocycles. The van der Waals surface area contributed by atoms with Crippen LogP contribution in [0.3, 0.4) is 0 Å². The summed E-state index contributed by atoms with van der Waals surface area (Å²) in [6.07, 6.45) is 4.21. The number of aromatic nitrogens is 3. The van der Waals surface area contributed by atoms with Crippen LogP contribution in [0.2, 0.25) is 0 Å². The van der Waals surface area contributed by atoms with Crippen molar-refractivity contribution in [3.05, 3.63) is 12.7 Å².